The second-order valence-corrected chi connectivity index (χ2v) is 5.11. The third kappa shape index (κ3) is 3.58. The number of ether oxygens (including phenoxy) is 1. The van der Waals surface area contributed by atoms with E-state index in [1.54, 1.807) is 6.07 Å². The van der Waals surface area contributed by atoms with Crippen LogP contribution in [0.4, 0.5) is 4.39 Å². The highest BCUT2D eigenvalue weighted by Crippen LogP contribution is 2.28. The summed E-state index contributed by atoms with van der Waals surface area (Å²) in [5, 5.41) is 3.02. The number of benzene rings is 2. The Bertz CT molecular complexity index is 581. The third-order valence-electron chi connectivity index (χ3n) is 3.14. The lowest BCUT2D eigenvalue weighted by molar-refractivity contribution is 0.470. The second-order valence-electron chi connectivity index (χ2n) is 5.11. The van der Waals surface area contributed by atoms with Gasteiger partial charge >= 0.3 is 0 Å². The van der Waals surface area contributed by atoms with Crippen molar-refractivity contribution < 1.29 is 9.13 Å². The molecule has 0 heterocycles. The van der Waals surface area contributed by atoms with Crippen molar-refractivity contribution in [2.24, 2.45) is 0 Å². The molecule has 2 aromatic carbocycles. The molecule has 0 aromatic heterocycles. The first-order valence-electron chi connectivity index (χ1n) is 6.81. The molecule has 0 radical (unpaired) electrons. The van der Waals surface area contributed by atoms with E-state index in [0.29, 0.717) is 18.2 Å². The fourth-order valence-corrected chi connectivity index (χ4v) is 2.04. The first-order chi connectivity index (χ1) is 9.60. The van der Waals surface area contributed by atoms with Gasteiger partial charge in [0.2, 0.25) is 0 Å². The van der Waals surface area contributed by atoms with Crippen molar-refractivity contribution in [2.75, 3.05) is 7.05 Å². The van der Waals surface area contributed by atoms with Crippen molar-refractivity contribution in [1.29, 1.82) is 0 Å². The van der Waals surface area contributed by atoms with E-state index in [-0.39, 0.29) is 5.82 Å². The Hall–Kier alpha value is -1.87. The smallest absolute Gasteiger partial charge is 0.132 e. The molecule has 0 bridgehead atoms. The summed E-state index contributed by atoms with van der Waals surface area (Å²) < 4.78 is 19.2. The van der Waals surface area contributed by atoms with E-state index in [1.807, 2.05) is 25.2 Å². The van der Waals surface area contributed by atoms with Gasteiger partial charge in [-0.1, -0.05) is 26.0 Å². The highest BCUT2D eigenvalue weighted by molar-refractivity contribution is 5.39. The first kappa shape index (κ1) is 14.5. The SMILES string of the molecule is CNCc1cc(F)ccc1Oc1cccc(C(C)C)c1. The Kier molecular flexibility index (Phi) is 4.74. The molecule has 0 unspecified atom stereocenters. The molecule has 2 aromatic rings. The van der Waals surface area contributed by atoms with E-state index >= 15 is 0 Å². The maximum absolute atomic E-state index is 13.3. The summed E-state index contributed by atoms with van der Waals surface area (Å²) in [7, 11) is 1.83. The molecule has 0 aliphatic heterocycles. The van der Waals surface area contributed by atoms with Crippen LogP contribution in [0, 0.1) is 5.82 Å². The molecular formula is C17H20FNO. The van der Waals surface area contributed by atoms with E-state index < -0.39 is 0 Å². The fourth-order valence-electron chi connectivity index (χ4n) is 2.04. The Morgan fingerprint density at radius 3 is 2.65 bits per heavy atom. The average molecular weight is 273 g/mol. The van der Waals surface area contributed by atoms with Crippen LogP contribution in [0.25, 0.3) is 0 Å². The summed E-state index contributed by atoms with van der Waals surface area (Å²) in [6, 6.07) is 12.6. The predicted molar refractivity (Wildman–Crippen MR) is 79.8 cm³/mol. The van der Waals surface area contributed by atoms with Gasteiger partial charge in [-0.3, -0.25) is 0 Å². The van der Waals surface area contributed by atoms with E-state index in [2.05, 4.69) is 25.2 Å². The molecule has 2 nitrogen and oxygen atoms in total. The molecule has 0 saturated carbocycles. The van der Waals surface area contributed by atoms with E-state index in [4.69, 9.17) is 4.74 Å². The van der Waals surface area contributed by atoms with Gasteiger partial charge in [-0.05, 0) is 48.9 Å². The Balaban J connectivity index is 2.27. The molecule has 0 aliphatic rings. The highest BCUT2D eigenvalue weighted by Gasteiger charge is 2.07. The van der Waals surface area contributed by atoms with Crippen LogP contribution in [-0.2, 0) is 6.54 Å². The van der Waals surface area contributed by atoms with Crippen molar-refractivity contribution in [2.45, 2.75) is 26.3 Å². The van der Waals surface area contributed by atoms with Gasteiger partial charge in [-0.2, -0.15) is 0 Å². The van der Waals surface area contributed by atoms with Crippen LogP contribution in [0.2, 0.25) is 0 Å². The van der Waals surface area contributed by atoms with Crippen LogP contribution in [0.5, 0.6) is 11.5 Å². The normalized spacial score (nSPS) is 10.8. The van der Waals surface area contributed by atoms with Crippen molar-refractivity contribution in [1.82, 2.24) is 5.32 Å². The molecule has 20 heavy (non-hydrogen) atoms. The van der Waals surface area contributed by atoms with Gasteiger partial charge in [0.25, 0.3) is 0 Å². The zero-order valence-electron chi connectivity index (χ0n) is 12.1. The van der Waals surface area contributed by atoms with Crippen LogP contribution in [-0.4, -0.2) is 7.05 Å². The lowest BCUT2D eigenvalue weighted by Gasteiger charge is -2.13. The molecule has 1 N–H and O–H groups in total. The summed E-state index contributed by atoms with van der Waals surface area (Å²) in [5.74, 6) is 1.66. The molecule has 2 rings (SSSR count). The lowest BCUT2D eigenvalue weighted by Crippen LogP contribution is -2.06. The molecule has 0 amide bonds. The van der Waals surface area contributed by atoms with E-state index in [0.717, 1.165) is 11.3 Å². The van der Waals surface area contributed by atoms with Crippen LogP contribution >= 0.6 is 0 Å². The van der Waals surface area contributed by atoms with Crippen molar-refractivity contribution in [3.05, 3.63) is 59.4 Å². The zero-order chi connectivity index (χ0) is 14.5. The van der Waals surface area contributed by atoms with Gasteiger partial charge in [0, 0.05) is 12.1 Å². The lowest BCUT2D eigenvalue weighted by atomic mass is 10.0. The van der Waals surface area contributed by atoms with Crippen molar-refractivity contribution in [3.8, 4) is 11.5 Å². The summed E-state index contributed by atoms with van der Waals surface area (Å²) >= 11 is 0. The van der Waals surface area contributed by atoms with Crippen LogP contribution in [0.3, 0.4) is 0 Å². The minimum atomic E-state index is -0.251. The number of hydrogen-bond donors (Lipinski definition) is 1. The molecule has 3 heteroatoms. The second kappa shape index (κ2) is 6.53. The molecule has 0 atom stereocenters. The Labute approximate surface area is 119 Å². The molecule has 0 spiro atoms. The monoisotopic (exact) mass is 273 g/mol. The highest BCUT2D eigenvalue weighted by atomic mass is 19.1. The van der Waals surface area contributed by atoms with Crippen molar-refractivity contribution >= 4 is 0 Å². The van der Waals surface area contributed by atoms with Crippen LogP contribution < -0.4 is 10.1 Å². The van der Waals surface area contributed by atoms with E-state index in [1.165, 1.54) is 17.7 Å². The van der Waals surface area contributed by atoms with Gasteiger partial charge < -0.3 is 10.1 Å². The molecule has 0 saturated heterocycles. The molecular weight excluding hydrogens is 253 g/mol. The average Bonchev–Trinajstić information content (AvgIpc) is 2.42. The molecule has 0 aliphatic carbocycles. The Morgan fingerprint density at radius 1 is 1.15 bits per heavy atom. The zero-order valence-corrected chi connectivity index (χ0v) is 12.1. The number of rotatable bonds is 5. The number of halogens is 1. The van der Waals surface area contributed by atoms with Gasteiger partial charge in [0.1, 0.15) is 17.3 Å². The first-order valence-corrected chi connectivity index (χ1v) is 6.81. The summed E-state index contributed by atoms with van der Waals surface area (Å²) in [5.41, 5.74) is 2.03. The van der Waals surface area contributed by atoms with Crippen LogP contribution in [0.1, 0.15) is 30.9 Å². The quantitative estimate of drug-likeness (QED) is 0.868. The predicted octanol–water partition coefficient (Wildman–Crippen LogP) is 4.46. The molecule has 0 fully saturated rings. The van der Waals surface area contributed by atoms with Gasteiger partial charge in [-0.25, -0.2) is 4.39 Å². The maximum atomic E-state index is 13.3. The molecule has 106 valence electrons. The topological polar surface area (TPSA) is 21.3 Å². The van der Waals surface area contributed by atoms with Crippen LogP contribution in [0.15, 0.2) is 42.5 Å². The van der Waals surface area contributed by atoms with Gasteiger partial charge in [0.15, 0.2) is 0 Å². The van der Waals surface area contributed by atoms with Gasteiger partial charge in [0.05, 0.1) is 0 Å². The summed E-state index contributed by atoms with van der Waals surface area (Å²) in [4.78, 5) is 0. The standard InChI is InChI=1S/C17H20FNO/c1-12(2)13-5-4-6-16(10-13)20-17-8-7-15(18)9-14(17)11-19-3/h4-10,12,19H,11H2,1-3H3. The van der Waals surface area contributed by atoms with E-state index in [9.17, 15) is 4.39 Å². The number of hydrogen-bond acceptors (Lipinski definition) is 2. The fraction of sp³-hybridized carbons (Fsp3) is 0.294. The van der Waals surface area contributed by atoms with Gasteiger partial charge in [-0.15, -0.1) is 0 Å². The Morgan fingerprint density at radius 2 is 1.95 bits per heavy atom. The largest absolute Gasteiger partial charge is 0.457 e. The van der Waals surface area contributed by atoms with Crippen molar-refractivity contribution in [3.63, 3.8) is 0 Å². The third-order valence-corrected chi connectivity index (χ3v) is 3.14. The minimum absolute atomic E-state index is 0.251. The summed E-state index contributed by atoms with van der Waals surface area (Å²) in [6.45, 7) is 4.85. The summed E-state index contributed by atoms with van der Waals surface area (Å²) in [6.07, 6.45) is 0. The maximum Gasteiger partial charge on any atom is 0.132 e. The number of nitrogens with one attached hydrogen (secondary N) is 1. The minimum Gasteiger partial charge on any atom is -0.457 e.